The summed E-state index contributed by atoms with van der Waals surface area (Å²) in [6.45, 7) is 1.23. The Bertz CT molecular complexity index is 1220. The molecule has 0 radical (unpaired) electrons. The van der Waals surface area contributed by atoms with Crippen molar-refractivity contribution < 1.29 is 17.6 Å². The standard InChI is InChI=1S/C22H19ClFN3O3S/c1-16-11-12-18(13-20(16)23)27(31(29,30)19-8-3-2-4-9-19)15-22(28)26-25-14-17-7-5-6-10-21(17)24/h2-14H,15H2,1H3,(H,26,28)/b25-14-. The number of hydrogen-bond donors (Lipinski definition) is 1. The highest BCUT2D eigenvalue weighted by Gasteiger charge is 2.27. The van der Waals surface area contributed by atoms with Gasteiger partial charge in [-0.05, 0) is 42.8 Å². The first-order valence-electron chi connectivity index (χ1n) is 9.19. The van der Waals surface area contributed by atoms with Gasteiger partial charge in [-0.1, -0.05) is 54.1 Å². The first-order valence-corrected chi connectivity index (χ1v) is 11.0. The molecule has 9 heteroatoms. The highest BCUT2D eigenvalue weighted by Crippen LogP contribution is 2.27. The number of aryl methyl sites for hydroxylation is 1. The predicted molar refractivity (Wildman–Crippen MR) is 119 cm³/mol. The number of carbonyl (C=O) groups excluding carboxylic acids is 1. The summed E-state index contributed by atoms with van der Waals surface area (Å²) in [7, 11) is -4.06. The van der Waals surface area contributed by atoms with Crippen LogP contribution in [0.3, 0.4) is 0 Å². The maximum Gasteiger partial charge on any atom is 0.264 e. The average molecular weight is 460 g/mol. The molecule has 0 atom stereocenters. The van der Waals surface area contributed by atoms with Crippen molar-refractivity contribution in [3.63, 3.8) is 0 Å². The summed E-state index contributed by atoms with van der Waals surface area (Å²) >= 11 is 6.18. The van der Waals surface area contributed by atoms with Crippen molar-refractivity contribution in [2.24, 2.45) is 5.10 Å². The summed E-state index contributed by atoms with van der Waals surface area (Å²) in [5.41, 5.74) is 3.41. The van der Waals surface area contributed by atoms with Gasteiger partial charge in [0, 0.05) is 10.6 Å². The van der Waals surface area contributed by atoms with E-state index in [0.29, 0.717) is 5.02 Å². The highest BCUT2D eigenvalue weighted by molar-refractivity contribution is 7.92. The number of rotatable bonds is 7. The Labute approximate surface area is 185 Å². The first kappa shape index (κ1) is 22.5. The lowest BCUT2D eigenvalue weighted by Gasteiger charge is -2.24. The normalized spacial score (nSPS) is 11.5. The molecule has 0 unspecified atom stereocenters. The lowest BCUT2D eigenvalue weighted by Crippen LogP contribution is -2.39. The van der Waals surface area contributed by atoms with E-state index in [0.717, 1.165) is 16.1 Å². The molecule has 3 rings (SSSR count). The van der Waals surface area contributed by atoms with E-state index in [-0.39, 0.29) is 16.1 Å². The van der Waals surface area contributed by atoms with Gasteiger partial charge < -0.3 is 0 Å². The molecule has 1 N–H and O–H groups in total. The fraction of sp³-hybridized carbons (Fsp3) is 0.0909. The van der Waals surface area contributed by atoms with Crippen LogP contribution < -0.4 is 9.73 Å². The lowest BCUT2D eigenvalue weighted by molar-refractivity contribution is -0.119. The largest absolute Gasteiger partial charge is 0.271 e. The number of nitrogens with one attached hydrogen (secondary N) is 1. The van der Waals surface area contributed by atoms with Crippen LogP contribution in [-0.2, 0) is 14.8 Å². The van der Waals surface area contributed by atoms with Gasteiger partial charge in [0.05, 0.1) is 16.8 Å². The summed E-state index contributed by atoms with van der Waals surface area (Å²) in [4.78, 5) is 12.5. The van der Waals surface area contributed by atoms with Crippen LogP contribution in [0, 0.1) is 12.7 Å². The summed E-state index contributed by atoms with van der Waals surface area (Å²) in [6, 6.07) is 18.4. The Kier molecular flexibility index (Phi) is 7.04. The zero-order chi connectivity index (χ0) is 22.4. The summed E-state index contributed by atoms with van der Waals surface area (Å²) in [6.07, 6.45) is 1.14. The zero-order valence-electron chi connectivity index (χ0n) is 16.5. The Morgan fingerprint density at radius 1 is 1.10 bits per heavy atom. The highest BCUT2D eigenvalue weighted by atomic mass is 35.5. The third kappa shape index (κ3) is 5.48. The molecule has 0 bridgehead atoms. The van der Waals surface area contributed by atoms with Crippen LogP contribution in [-0.4, -0.2) is 27.1 Å². The van der Waals surface area contributed by atoms with Crippen molar-refractivity contribution in [3.05, 3.63) is 94.8 Å². The maximum atomic E-state index is 13.7. The quantitative estimate of drug-likeness (QED) is 0.426. The maximum absolute atomic E-state index is 13.7. The number of nitrogens with zero attached hydrogens (tertiary/aromatic N) is 2. The van der Waals surface area contributed by atoms with Gasteiger partial charge >= 0.3 is 0 Å². The number of hydrazone groups is 1. The monoisotopic (exact) mass is 459 g/mol. The minimum Gasteiger partial charge on any atom is -0.271 e. The molecule has 3 aromatic carbocycles. The Morgan fingerprint density at radius 3 is 2.45 bits per heavy atom. The molecule has 3 aromatic rings. The Hall–Kier alpha value is -3.23. The topological polar surface area (TPSA) is 78.8 Å². The molecular formula is C22H19ClFN3O3S. The SMILES string of the molecule is Cc1ccc(N(CC(=O)N/N=C\c2ccccc2F)S(=O)(=O)c2ccccc2)cc1Cl. The van der Waals surface area contributed by atoms with Crippen LogP contribution in [0.2, 0.25) is 5.02 Å². The van der Waals surface area contributed by atoms with Crippen LogP contribution >= 0.6 is 11.6 Å². The number of halogens is 2. The zero-order valence-corrected chi connectivity index (χ0v) is 18.1. The van der Waals surface area contributed by atoms with Gasteiger partial charge in [0.25, 0.3) is 15.9 Å². The van der Waals surface area contributed by atoms with Crippen molar-refractivity contribution in [2.75, 3.05) is 10.8 Å². The summed E-state index contributed by atoms with van der Waals surface area (Å²) in [5, 5.41) is 4.09. The summed E-state index contributed by atoms with van der Waals surface area (Å²) in [5.74, 6) is -1.20. The lowest BCUT2D eigenvalue weighted by atomic mass is 10.2. The molecule has 0 aliphatic heterocycles. The molecule has 0 aliphatic rings. The van der Waals surface area contributed by atoms with E-state index in [2.05, 4.69) is 10.5 Å². The smallest absolute Gasteiger partial charge is 0.264 e. The molecular weight excluding hydrogens is 441 g/mol. The van der Waals surface area contributed by atoms with Crippen LogP contribution in [0.1, 0.15) is 11.1 Å². The molecule has 0 fully saturated rings. The van der Waals surface area contributed by atoms with Gasteiger partial charge in [-0.2, -0.15) is 5.10 Å². The fourth-order valence-electron chi connectivity index (χ4n) is 2.69. The number of carbonyl (C=O) groups is 1. The molecule has 160 valence electrons. The van der Waals surface area contributed by atoms with Gasteiger partial charge in [0.15, 0.2) is 0 Å². The van der Waals surface area contributed by atoms with E-state index in [1.54, 1.807) is 43.3 Å². The van der Waals surface area contributed by atoms with E-state index in [1.165, 1.54) is 36.4 Å². The van der Waals surface area contributed by atoms with Gasteiger partial charge in [-0.3, -0.25) is 9.10 Å². The number of benzene rings is 3. The van der Waals surface area contributed by atoms with E-state index in [1.807, 2.05) is 0 Å². The van der Waals surface area contributed by atoms with Crippen LogP contribution in [0.15, 0.2) is 82.8 Å². The molecule has 0 saturated heterocycles. The van der Waals surface area contributed by atoms with Crippen LogP contribution in [0.5, 0.6) is 0 Å². The molecule has 31 heavy (non-hydrogen) atoms. The van der Waals surface area contributed by atoms with Crippen LogP contribution in [0.4, 0.5) is 10.1 Å². The van der Waals surface area contributed by atoms with Crippen molar-refractivity contribution in [1.82, 2.24) is 5.43 Å². The van der Waals surface area contributed by atoms with E-state index < -0.39 is 28.3 Å². The molecule has 0 saturated carbocycles. The Morgan fingerprint density at radius 2 is 1.77 bits per heavy atom. The second-order valence-electron chi connectivity index (χ2n) is 6.57. The third-order valence-corrected chi connectivity index (χ3v) is 6.56. The number of amides is 1. The molecule has 0 aliphatic carbocycles. The van der Waals surface area contributed by atoms with Crippen molar-refractivity contribution in [1.29, 1.82) is 0 Å². The van der Waals surface area contributed by atoms with Crippen molar-refractivity contribution in [3.8, 4) is 0 Å². The van der Waals surface area contributed by atoms with Crippen molar-refractivity contribution >= 4 is 39.4 Å². The number of hydrogen-bond acceptors (Lipinski definition) is 4. The van der Waals surface area contributed by atoms with Gasteiger partial charge in [0.2, 0.25) is 0 Å². The minimum absolute atomic E-state index is 0.0226. The number of anilines is 1. The van der Waals surface area contributed by atoms with E-state index in [9.17, 15) is 17.6 Å². The molecule has 6 nitrogen and oxygen atoms in total. The van der Waals surface area contributed by atoms with E-state index >= 15 is 0 Å². The average Bonchev–Trinajstić information content (AvgIpc) is 2.76. The minimum atomic E-state index is -4.06. The fourth-order valence-corrected chi connectivity index (χ4v) is 4.30. The van der Waals surface area contributed by atoms with Gasteiger partial charge in [-0.15, -0.1) is 0 Å². The Balaban J connectivity index is 1.87. The van der Waals surface area contributed by atoms with Gasteiger partial charge in [-0.25, -0.2) is 18.2 Å². The van der Waals surface area contributed by atoms with Gasteiger partial charge in [0.1, 0.15) is 12.4 Å². The first-order chi connectivity index (χ1) is 14.8. The second-order valence-corrected chi connectivity index (χ2v) is 8.84. The molecule has 0 spiro atoms. The molecule has 0 heterocycles. The van der Waals surface area contributed by atoms with Crippen LogP contribution in [0.25, 0.3) is 0 Å². The molecule has 0 aromatic heterocycles. The van der Waals surface area contributed by atoms with Crippen molar-refractivity contribution in [2.45, 2.75) is 11.8 Å². The third-order valence-electron chi connectivity index (χ3n) is 4.36. The predicted octanol–water partition coefficient (Wildman–Crippen LogP) is 4.13. The molecule has 1 amide bonds. The second kappa shape index (κ2) is 9.72. The van der Waals surface area contributed by atoms with E-state index in [4.69, 9.17) is 11.6 Å². The number of sulfonamides is 1. The summed E-state index contributed by atoms with van der Waals surface area (Å²) < 4.78 is 41.0.